The van der Waals surface area contributed by atoms with E-state index in [0.29, 0.717) is 11.8 Å². The Labute approximate surface area is 165 Å². The number of carbonyl (C=O) groups is 1. The third kappa shape index (κ3) is 4.42. The Hall–Kier alpha value is -3.08. The third-order valence-electron chi connectivity index (χ3n) is 5.24. The Morgan fingerprint density at radius 1 is 1.11 bits per heavy atom. The first-order valence-corrected chi connectivity index (χ1v) is 9.89. The molecule has 1 heterocycles. The number of hydrazone groups is 1. The van der Waals surface area contributed by atoms with Gasteiger partial charge in [0.1, 0.15) is 5.75 Å². The standard InChI is InChI=1S/C23H25N3O2/c27-23(17-28-22-12-6-8-19-7-4-5-11-21(19)22)25-24-15-18-13-14-26(16-18)20-9-2-1-3-10-20/h4-8,11-16,20H,1-3,9-10,17H2,(H,25,27)/b24-15+. The van der Waals surface area contributed by atoms with Gasteiger partial charge in [0, 0.05) is 29.4 Å². The van der Waals surface area contributed by atoms with Crippen LogP contribution in [0.25, 0.3) is 10.8 Å². The summed E-state index contributed by atoms with van der Waals surface area (Å²) in [6.07, 6.45) is 12.3. The van der Waals surface area contributed by atoms with E-state index in [0.717, 1.165) is 16.3 Å². The monoisotopic (exact) mass is 375 g/mol. The third-order valence-corrected chi connectivity index (χ3v) is 5.24. The number of ether oxygens (including phenoxy) is 1. The maximum absolute atomic E-state index is 12.0. The van der Waals surface area contributed by atoms with Gasteiger partial charge >= 0.3 is 0 Å². The van der Waals surface area contributed by atoms with Crippen LogP contribution in [-0.4, -0.2) is 23.3 Å². The van der Waals surface area contributed by atoms with Gasteiger partial charge in [0.2, 0.25) is 0 Å². The van der Waals surface area contributed by atoms with E-state index in [1.165, 1.54) is 32.1 Å². The predicted molar refractivity (Wildman–Crippen MR) is 112 cm³/mol. The molecule has 1 aliphatic rings. The van der Waals surface area contributed by atoms with E-state index in [-0.39, 0.29) is 12.5 Å². The molecule has 0 bridgehead atoms. The number of nitrogens with zero attached hydrogens (tertiary/aromatic N) is 2. The average molecular weight is 375 g/mol. The van der Waals surface area contributed by atoms with Crippen LogP contribution in [0.3, 0.4) is 0 Å². The van der Waals surface area contributed by atoms with E-state index in [4.69, 9.17) is 4.74 Å². The summed E-state index contributed by atoms with van der Waals surface area (Å²) in [6.45, 7) is -0.0750. The number of aromatic nitrogens is 1. The molecule has 5 nitrogen and oxygen atoms in total. The lowest BCUT2D eigenvalue weighted by Crippen LogP contribution is -2.24. The van der Waals surface area contributed by atoms with Gasteiger partial charge in [-0.05, 0) is 30.4 Å². The van der Waals surface area contributed by atoms with Crippen LogP contribution in [0, 0.1) is 0 Å². The average Bonchev–Trinajstić information content (AvgIpc) is 3.22. The van der Waals surface area contributed by atoms with Gasteiger partial charge in [0.15, 0.2) is 6.61 Å². The van der Waals surface area contributed by atoms with Gasteiger partial charge < -0.3 is 9.30 Å². The molecule has 1 saturated carbocycles. The number of rotatable bonds is 6. The first-order chi connectivity index (χ1) is 13.8. The minimum atomic E-state index is -0.282. The second-order valence-electron chi connectivity index (χ2n) is 7.24. The Morgan fingerprint density at radius 3 is 2.82 bits per heavy atom. The second-order valence-corrected chi connectivity index (χ2v) is 7.24. The largest absolute Gasteiger partial charge is 0.483 e. The van der Waals surface area contributed by atoms with Crippen LogP contribution in [-0.2, 0) is 4.79 Å². The minimum absolute atomic E-state index is 0.0750. The zero-order valence-corrected chi connectivity index (χ0v) is 15.9. The lowest BCUT2D eigenvalue weighted by atomic mass is 9.95. The molecule has 0 radical (unpaired) electrons. The second kappa shape index (κ2) is 8.74. The summed E-state index contributed by atoms with van der Waals surface area (Å²) in [5, 5.41) is 6.13. The van der Waals surface area contributed by atoms with E-state index in [2.05, 4.69) is 27.5 Å². The molecule has 144 valence electrons. The molecule has 3 aromatic rings. The molecular weight excluding hydrogens is 350 g/mol. The van der Waals surface area contributed by atoms with E-state index >= 15 is 0 Å². The van der Waals surface area contributed by atoms with Gasteiger partial charge in [0.05, 0.1) is 6.21 Å². The van der Waals surface area contributed by atoms with Gasteiger partial charge in [-0.2, -0.15) is 5.10 Å². The molecule has 1 aromatic heterocycles. The molecule has 1 amide bonds. The zero-order chi connectivity index (χ0) is 19.2. The van der Waals surface area contributed by atoms with Crippen LogP contribution in [0.1, 0.15) is 43.7 Å². The molecule has 2 aromatic carbocycles. The number of carbonyl (C=O) groups excluding carboxylic acids is 1. The molecule has 1 aliphatic carbocycles. The van der Waals surface area contributed by atoms with Crippen LogP contribution < -0.4 is 10.2 Å². The number of nitrogens with one attached hydrogen (secondary N) is 1. The fraction of sp³-hybridized carbons (Fsp3) is 0.304. The molecule has 1 N–H and O–H groups in total. The minimum Gasteiger partial charge on any atom is -0.483 e. The lowest BCUT2D eigenvalue weighted by molar-refractivity contribution is -0.123. The van der Waals surface area contributed by atoms with Crippen LogP contribution in [0.5, 0.6) is 5.75 Å². The maximum Gasteiger partial charge on any atom is 0.277 e. The van der Waals surface area contributed by atoms with Crippen molar-refractivity contribution in [2.75, 3.05) is 6.61 Å². The number of hydrogen-bond donors (Lipinski definition) is 1. The van der Waals surface area contributed by atoms with Crippen molar-refractivity contribution >= 4 is 22.9 Å². The van der Waals surface area contributed by atoms with Crippen molar-refractivity contribution in [3.8, 4) is 5.75 Å². The van der Waals surface area contributed by atoms with Gasteiger partial charge in [-0.1, -0.05) is 55.7 Å². The van der Waals surface area contributed by atoms with Crippen molar-refractivity contribution in [3.05, 3.63) is 66.5 Å². The fourth-order valence-electron chi connectivity index (χ4n) is 3.79. The quantitative estimate of drug-likeness (QED) is 0.502. The van der Waals surface area contributed by atoms with E-state index in [9.17, 15) is 4.79 Å². The summed E-state index contributed by atoms with van der Waals surface area (Å²) in [7, 11) is 0. The summed E-state index contributed by atoms with van der Waals surface area (Å²) < 4.78 is 7.95. The first kappa shape index (κ1) is 18.3. The SMILES string of the molecule is O=C(COc1cccc2ccccc12)N/N=C/c1ccn(C2CCCCC2)c1. The molecule has 0 unspecified atom stereocenters. The molecule has 0 aliphatic heterocycles. The van der Waals surface area contributed by atoms with Crippen LogP contribution >= 0.6 is 0 Å². The van der Waals surface area contributed by atoms with Crippen molar-refractivity contribution < 1.29 is 9.53 Å². The fourth-order valence-corrected chi connectivity index (χ4v) is 3.79. The smallest absolute Gasteiger partial charge is 0.277 e. The summed E-state index contributed by atoms with van der Waals surface area (Å²) in [5.74, 6) is 0.415. The first-order valence-electron chi connectivity index (χ1n) is 9.89. The highest BCUT2D eigenvalue weighted by Crippen LogP contribution is 2.28. The van der Waals surface area contributed by atoms with Gasteiger partial charge in [-0.25, -0.2) is 5.43 Å². The number of amides is 1. The van der Waals surface area contributed by atoms with Crippen LogP contribution in [0.4, 0.5) is 0 Å². The topological polar surface area (TPSA) is 55.6 Å². The number of hydrogen-bond acceptors (Lipinski definition) is 3. The molecule has 0 saturated heterocycles. The van der Waals surface area contributed by atoms with Crippen molar-refractivity contribution in [1.82, 2.24) is 9.99 Å². The molecular formula is C23H25N3O2. The highest BCUT2D eigenvalue weighted by atomic mass is 16.5. The van der Waals surface area contributed by atoms with E-state index in [1.807, 2.05) is 48.5 Å². The number of fused-ring (bicyclic) bond motifs is 1. The maximum atomic E-state index is 12.0. The Balaban J connectivity index is 1.29. The predicted octanol–water partition coefficient (Wildman–Crippen LogP) is 4.68. The van der Waals surface area contributed by atoms with E-state index < -0.39 is 0 Å². The molecule has 4 rings (SSSR count). The van der Waals surface area contributed by atoms with Crippen molar-refractivity contribution in [2.45, 2.75) is 38.1 Å². The van der Waals surface area contributed by atoms with Gasteiger partial charge in [0.25, 0.3) is 5.91 Å². The summed E-state index contributed by atoms with van der Waals surface area (Å²) in [5.41, 5.74) is 3.52. The van der Waals surface area contributed by atoms with Gasteiger partial charge in [-0.3, -0.25) is 4.79 Å². The van der Waals surface area contributed by atoms with Crippen molar-refractivity contribution in [2.24, 2.45) is 5.10 Å². The highest BCUT2D eigenvalue weighted by Gasteiger charge is 2.14. The Morgan fingerprint density at radius 2 is 1.93 bits per heavy atom. The Kier molecular flexibility index (Phi) is 5.71. The van der Waals surface area contributed by atoms with Crippen molar-refractivity contribution in [1.29, 1.82) is 0 Å². The molecule has 0 atom stereocenters. The summed E-state index contributed by atoms with van der Waals surface area (Å²) in [6, 6.07) is 16.4. The van der Waals surface area contributed by atoms with Crippen molar-refractivity contribution in [3.63, 3.8) is 0 Å². The number of benzene rings is 2. The van der Waals surface area contributed by atoms with Gasteiger partial charge in [-0.15, -0.1) is 0 Å². The van der Waals surface area contributed by atoms with Crippen LogP contribution in [0.15, 0.2) is 66.0 Å². The summed E-state index contributed by atoms with van der Waals surface area (Å²) in [4.78, 5) is 12.0. The zero-order valence-electron chi connectivity index (χ0n) is 15.9. The molecule has 5 heteroatoms. The molecule has 1 fully saturated rings. The highest BCUT2D eigenvalue weighted by molar-refractivity contribution is 5.88. The van der Waals surface area contributed by atoms with E-state index in [1.54, 1.807) is 6.21 Å². The normalized spacial score (nSPS) is 15.1. The molecule has 28 heavy (non-hydrogen) atoms. The lowest BCUT2D eigenvalue weighted by Gasteiger charge is -2.23. The van der Waals surface area contributed by atoms with Crippen LogP contribution in [0.2, 0.25) is 0 Å². The Bertz CT molecular complexity index is 965. The molecule has 0 spiro atoms. The summed E-state index contributed by atoms with van der Waals surface area (Å²) >= 11 is 0.